The summed E-state index contributed by atoms with van der Waals surface area (Å²) in [6.45, 7) is -0.125. The fraction of sp³-hybridized carbons (Fsp3) is 0.357. The molecular weight excluding hydrogens is 372 g/mol. The Morgan fingerprint density at radius 2 is 1.96 bits per heavy atom. The maximum absolute atomic E-state index is 13.0. The number of halogens is 5. The normalized spacial score (nSPS) is 16.6. The predicted molar refractivity (Wildman–Crippen MR) is 87.5 cm³/mol. The Bertz CT molecular complexity index is 662. The molecule has 0 saturated heterocycles. The van der Waals surface area contributed by atoms with Gasteiger partial charge in [-0.05, 0) is 24.5 Å². The lowest BCUT2D eigenvalue weighted by atomic mass is 10.1. The first-order chi connectivity index (χ1) is 10.7. The van der Waals surface area contributed by atoms with Crippen LogP contribution in [0.15, 0.2) is 33.9 Å². The first kappa shape index (κ1) is 18.4. The number of hydrazone groups is 1. The molecule has 126 valence electrons. The Morgan fingerprint density at radius 1 is 1.26 bits per heavy atom. The van der Waals surface area contributed by atoms with E-state index in [0.29, 0.717) is 21.3 Å². The fourth-order valence-corrected chi connectivity index (χ4v) is 3.24. The molecule has 1 heterocycles. The zero-order valence-electron chi connectivity index (χ0n) is 12.2. The Balaban J connectivity index is 2.47. The van der Waals surface area contributed by atoms with Gasteiger partial charge in [0.25, 0.3) is 0 Å². The molecule has 0 bridgehead atoms. The highest BCUT2D eigenvalue weighted by Gasteiger charge is 2.37. The monoisotopic (exact) mass is 384 g/mol. The molecule has 2 rings (SSSR count). The lowest BCUT2D eigenvalue weighted by molar-refractivity contribution is -0.110. The summed E-state index contributed by atoms with van der Waals surface area (Å²) >= 11 is 13.6. The number of hydrogen-bond acceptors (Lipinski definition) is 4. The number of thioether (sulfide) groups is 1. The van der Waals surface area contributed by atoms with Gasteiger partial charge in [0.2, 0.25) is 0 Å². The Morgan fingerprint density at radius 3 is 2.57 bits per heavy atom. The topological polar surface area (TPSA) is 24.8 Å². The third-order valence-corrected chi connectivity index (χ3v) is 4.61. The maximum Gasteiger partial charge on any atom is 0.432 e. The Kier molecular flexibility index (Phi) is 5.89. The Labute approximate surface area is 146 Å². The van der Waals surface area contributed by atoms with E-state index in [1.807, 2.05) is 6.26 Å². The van der Waals surface area contributed by atoms with Gasteiger partial charge in [0.15, 0.2) is 0 Å². The van der Waals surface area contributed by atoms with E-state index in [0.717, 1.165) is 16.0 Å². The van der Waals surface area contributed by atoms with Crippen molar-refractivity contribution in [3.8, 4) is 0 Å². The largest absolute Gasteiger partial charge is 0.432 e. The smallest absolute Gasteiger partial charge is 0.371 e. The van der Waals surface area contributed by atoms with Crippen molar-refractivity contribution in [2.45, 2.75) is 11.1 Å². The third kappa shape index (κ3) is 4.35. The highest BCUT2D eigenvalue weighted by Crippen LogP contribution is 2.33. The molecule has 0 spiro atoms. The molecule has 0 aromatic heterocycles. The lowest BCUT2D eigenvalue weighted by Gasteiger charge is -2.24. The van der Waals surface area contributed by atoms with Crippen LogP contribution in [0.4, 0.5) is 13.2 Å². The van der Waals surface area contributed by atoms with Crippen LogP contribution >= 0.6 is 35.0 Å². The van der Waals surface area contributed by atoms with E-state index in [1.54, 1.807) is 12.1 Å². The minimum absolute atomic E-state index is 0.0428. The van der Waals surface area contributed by atoms with E-state index >= 15 is 0 Å². The SMILES string of the molecule is CSc1cc(C2=NN(C)C(C(F)(F)F)=CCOC2)c(Cl)cc1Cl. The van der Waals surface area contributed by atoms with E-state index in [2.05, 4.69) is 5.10 Å². The molecule has 0 amide bonds. The second kappa shape index (κ2) is 7.34. The van der Waals surface area contributed by atoms with Crippen molar-refractivity contribution >= 4 is 40.7 Å². The van der Waals surface area contributed by atoms with Gasteiger partial charge in [-0.3, -0.25) is 5.01 Å². The van der Waals surface area contributed by atoms with Gasteiger partial charge in [-0.15, -0.1) is 11.8 Å². The highest BCUT2D eigenvalue weighted by molar-refractivity contribution is 7.98. The number of hydrogen-bond donors (Lipinski definition) is 0. The second-order valence-electron chi connectivity index (χ2n) is 4.64. The predicted octanol–water partition coefficient (Wildman–Crippen LogP) is 4.83. The number of allylic oxidation sites excluding steroid dienone is 1. The first-order valence-corrected chi connectivity index (χ1v) is 8.41. The summed E-state index contributed by atoms with van der Waals surface area (Å²) in [5, 5.41) is 5.60. The molecule has 0 fully saturated rings. The van der Waals surface area contributed by atoms with Crippen molar-refractivity contribution in [2.24, 2.45) is 5.10 Å². The van der Waals surface area contributed by atoms with Crippen molar-refractivity contribution in [1.82, 2.24) is 5.01 Å². The molecule has 3 nitrogen and oxygen atoms in total. The van der Waals surface area contributed by atoms with E-state index in [9.17, 15) is 13.2 Å². The molecule has 0 N–H and O–H groups in total. The van der Waals surface area contributed by atoms with Crippen LogP contribution in [0.3, 0.4) is 0 Å². The van der Waals surface area contributed by atoms with Gasteiger partial charge < -0.3 is 4.74 Å². The van der Waals surface area contributed by atoms with Crippen LogP contribution in [0, 0.1) is 0 Å². The van der Waals surface area contributed by atoms with Crippen molar-refractivity contribution in [3.63, 3.8) is 0 Å². The van der Waals surface area contributed by atoms with Crippen LogP contribution < -0.4 is 0 Å². The number of alkyl halides is 3. The average molecular weight is 385 g/mol. The molecular formula is C14H13Cl2F3N2OS. The van der Waals surface area contributed by atoms with Gasteiger partial charge in [0.1, 0.15) is 5.70 Å². The third-order valence-electron chi connectivity index (χ3n) is 3.10. The van der Waals surface area contributed by atoms with E-state index < -0.39 is 11.9 Å². The fourth-order valence-electron chi connectivity index (χ4n) is 2.03. The molecule has 0 aliphatic carbocycles. The maximum atomic E-state index is 13.0. The van der Waals surface area contributed by atoms with Gasteiger partial charge in [-0.1, -0.05) is 23.2 Å². The van der Waals surface area contributed by atoms with Crippen molar-refractivity contribution in [1.29, 1.82) is 0 Å². The molecule has 9 heteroatoms. The lowest BCUT2D eigenvalue weighted by Crippen LogP contribution is -2.29. The average Bonchev–Trinajstić information content (AvgIpc) is 2.42. The number of benzene rings is 1. The summed E-state index contributed by atoms with van der Waals surface area (Å²) in [6.07, 6.45) is -1.72. The minimum Gasteiger partial charge on any atom is -0.371 e. The minimum atomic E-state index is -4.52. The zero-order valence-corrected chi connectivity index (χ0v) is 14.6. The van der Waals surface area contributed by atoms with E-state index in [1.165, 1.54) is 18.8 Å². The van der Waals surface area contributed by atoms with Crippen molar-refractivity contribution in [3.05, 3.63) is 39.5 Å². The van der Waals surface area contributed by atoms with Gasteiger partial charge in [-0.25, -0.2) is 0 Å². The number of nitrogens with zero attached hydrogens (tertiary/aromatic N) is 2. The molecule has 1 aromatic carbocycles. The molecule has 23 heavy (non-hydrogen) atoms. The van der Waals surface area contributed by atoms with Crippen LogP contribution in [0.25, 0.3) is 0 Å². The van der Waals surface area contributed by atoms with Gasteiger partial charge in [0.05, 0.1) is 29.0 Å². The molecule has 0 radical (unpaired) electrons. The quantitative estimate of drug-likeness (QED) is 0.682. The van der Waals surface area contributed by atoms with Gasteiger partial charge in [-0.2, -0.15) is 18.3 Å². The van der Waals surface area contributed by atoms with E-state index in [4.69, 9.17) is 27.9 Å². The molecule has 0 atom stereocenters. The molecule has 0 saturated carbocycles. The number of ether oxygens (including phenoxy) is 1. The molecule has 1 aliphatic rings. The Hall–Kier alpha value is -0.890. The summed E-state index contributed by atoms with van der Waals surface area (Å²) in [5.74, 6) is 0. The van der Waals surface area contributed by atoms with Crippen LogP contribution in [-0.4, -0.2) is 43.4 Å². The summed E-state index contributed by atoms with van der Waals surface area (Å²) in [7, 11) is 1.24. The van der Waals surface area contributed by atoms with Crippen LogP contribution in [0.5, 0.6) is 0 Å². The molecule has 1 aliphatic heterocycles. The standard InChI is InChI=1S/C14H13Cl2F3N2OS/c1-21-13(14(17,18)19)3-4-22-7-11(20-21)8-5-12(23-2)10(16)6-9(8)15/h3,5-6H,4,7H2,1-2H3. The van der Waals surface area contributed by atoms with Crippen LogP contribution in [0.2, 0.25) is 10.0 Å². The number of rotatable bonds is 2. The zero-order chi connectivity index (χ0) is 17.2. The summed E-state index contributed by atoms with van der Waals surface area (Å²) in [4.78, 5) is 0.755. The van der Waals surface area contributed by atoms with Gasteiger partial charge >= 0.3 is 6.18 Å². The van der Waals surface area contributed by atoms with Crippen molar-refractivity contribution in [2.75, 3.05) is 26.5 Å². The van der Waals surface area contributed by atoms with Gasteiger partial charge in [0, 0.05) is 17.5 Å². The van der Waals surface area contributed by atoms with Crippen LogP contribution in [0.1, 0.15) is 5.56 Å². The highest BCUT2D eigenvalue weighted by atomic mass is 35.5. The summed E-state index contributed by atoms with van der Waals surface area (Å²) in [6, 6.07) is 3.25. The van der Waals surface area contributed by atoms with Crippen LogP contribution in [-0.2, 0) is 4.74 Å². The first-order valence-electron chi connectivity index (χ1n) is 6.43. The van der Waals surface area contributed by atoms with Crippen molar-refractivity contribution < 1.29 is 17.9 Å². The summed E-state index contributed by atoms with van der Waals surface area (Å²) < 4.78 is 44.3. The van der Waals surface area contributed by atoms with E-state index in [-0.39, 0.29) is 13.2 Å². The molecule has 1 aromatic rings. The molecule has 0 unspecified atom stereocenters. The second-order valence-corrected chi connectivity index (χ2v) is 6.30. The summed E-state index contributed by atoms with van der Waals surface area (Å²) in [5.41, 5.74) is -0.0834.